The normalized spacial score (nSPS) is 10.5. The Hall–Kier alpha value is -0.700. The van der Waals surface area contributed by atoms with Crippen molar-refractivity contribution in [2.24, 2.45) is 0 Å². The Labute approximate surface area is 115 Å². The fraction of sp³-hybridized carbons (Fsp3) is 0.231. The van der Waals surface area contributed by atoms with E-state index in [4.69, 9.17) is 27.9 Å². The quantitative estimate of drug-likeness (QED) is 0.720. The maximum atomic E-state index is 6.09. The summed E-state index contributed by atoms with van der Waals surface area (Å²) in [5.41, 5.74) is 0.936. The Morgan fingerprint density at radius 2 is 2.06 bits per heavy atom. The molecule has 0 atom stereocenters. The first-order chi connectivity index (χ1) is 8.31. The highest BCUT2D eigenvalue weighted by Crippen LogP contribution is 2.29. The molecule has 17 heavy (non-hydrogen) atoms. The third-order valence-electron chi connectivity index (χ3n) is 2.37. The van der Waals surface area contributed by atoms with Crippen LogP contribution in [0.3, 0.4) is 0 Å². The lowest BCUT2D eigenvalue weighted by Crippen LogP contribution is -2.02. The van der Waals surface area contributed by atoms with Gasteiger partial charge in [-0.05, 0) is 17.5 Å². The number of halogens is 2. The molecule has 4 heteroatoms. The van der Waals surface area contributed by atoms with Gasteiger partial charge in [-0.3, -0.25) is 0 Å². The van der Waals surface area contributed by atoms with Crippen LogP contribution in [0.15, 0.2) is 35.7 Å². The summed E-state index contributed by atoms with van der Waals surface area (Å²) in [6.07, 6.45) is 0.893. The smallest absolute Gasteiger partial charge is 0.142 e. The van der Waals surface area contributed by atoms with Crippen molar-refractivity contribution in [1.29, 1.82) is 0 Å². The second-order valence-electron chi connectivity index (χ2n) is 3.54. The zero-order valence-corrected chi connectivity index (χ0v) is 11.5. The second kappa shape index (κ2) is 6.29. The lowest BCUT2D eigenvalue weighted by Gasteiger charge is -2.11. The van der Waals surface area contributed by atoms with Crippen LogP contribution in [0.5, 0.6) is 5.75 Å². The highest BCUT2D eigenvalue weighted by atomic mass is 35.5. The van der Waals surface area contributed by atoms with E-state index in [-0.39, 0.29) is 0 Å². The van der Waals surface area contributed by atoms with Gasteiger partial charge in [0.2, 0.25) is 0 Å². The number of rotatable bonds is 5. The zero-order valence-electron chi connectivity index (χ0n) is 9.16. The van der Waals surface area contributed by atoms with Gasteiger partial charge in [-0.25, -0.2) is 0 Å². The van der Waals surface area contributed by atoms with Gasteiger partial charge in [0.05, 0.1) is 17.5 Å². The molecule has 0 saturated heterocycles. The van der Waals surface area contributed by atoms with Gasteiger partial charge in [-0.2, -0.15) is 0 Å². The van der Waals surface area contributed by atoms with Crippen LogP contribution in [-0.2, 0) is 12.3 Å². The Bertz CT molecular complexity index is 468. The van der Waals surface area contributed by atoms with E-state index in [2.05, 4.69) is 11.4 Å². The highest BCUT2D eigenvalue weighted by molar-refractivity contribution is 7.09. The van der Waals surface area contributed by atoms with Crippen molar-refractivity contribution in [3.63, 3.8) is 0 Å². The fourth-order valence-corrected chi connectivity index (χ4v) is 2.68. The molecule has 0 radical (unpaired) electrons. The predicted octanol–water partition coefficient (Wildman–Crippen LogP) is 4.76. The number of hydrogen-bond acceptors (Lipinski definition) is 2. The minimum atomic E-state index is 0.412. The standard InChI is InChI=1S/C13H12Cl2OS/c14-9-10-3-1-5-12(15)13(10)16-7-6-11-4-2-8-17-11/h1-5,8H,6-7,9H2. The molecule has 2 rings (SSSR count). The minimum absolute atomic E-state index is 0.412. The first-order valence-corrected chi connectivity index (χ1v) is 7.09. The zero-order chi connectivity index (χ0) is 12.1. The van der Waals surface area contributed by atoms with Crippen LogP contribution in [0.4, 0.5) is 0 Å². The average Bonchev–Trinajstić information content (AvgIpc) is 2.84. The SMILES string of the molecule is ClCc1cccc(Cl)c1OCCc1cccs1. The van der Waals surface area contributed by atoms with Crippen LogP contribution in [0, 0.1) is 0 Å². The first kappa shape index (κ1) is 12.7. The molecular weight excluding hydrogens is 275 g/mol. The molecule has 0 unspecified atom stereocenters. The average molecular weight is 287 g/mol. The summed E-state index contributed by atoms with van der Waals surface area (Å²) in [6, 6.07) is 9.77. The van der Waals surface area contributed by atoms with Gasteiger partial charge in [0.15, 0.2) is 0 Å². The number of alkyl halides is 1. The molecular formula is C13H12Cl2OS. The Morgan fingerprint density at radius 3 is 2.76 bits per heavy atom. The molecule has 0 fully saturated rings. The van der Waals surface area contributed by atoms with E-state index >= 15 is 0 Å². The molecule has 1 aromatic carbocycles. The molecule has 0 bridgehead atoms. The van der Waals surface area contributed by atoms with Crippen molar-refractivity contribution in [1.82, 2.24) is 0 Å². The molecule has 0 aliphatic carbocycles. The fourth-order valence-electron chi connectivity index (χ4n) is 1.53. The van der Waals surface area contributed by atoms with Gasteiger partial charge < -0.3 is 4.74 Å². The van der Waals surface area contributed by atoms with Crippen molar-refractivity contribution in [2.75, 3.05) is 6.61 Å². The summed E-state index contributed by atoms with van der Waals surface area (Å²) in [5.74, 6) is 1.12. The van der Waals surface area contributed by atoms with Crippen LogP contribution in [0.25, 0.3) is 0 Å². The molecule has 1 aromatic heterocycles. The van der Waals surface area contributed by atoms with Crippen LogP contribution >= 0.6 is 34.5 Å². The third-order valence-corrected chi connectivity index (χ3v) is 3.89. The summed E-state index contributed by atoms with van der Waals surface area (Å²) >= 11 is 13.7. The summed E-state index contributed by atoms with van der Waals surface area (Å²) in [5, 5.41) is 2.68. The lowest BCUT2D eigenvalue weighted by atomic mass is 10.2. The highest BCUT2D eigenvalue weighted by Gasteiger charge is 2.07. The summed E-state index contributed by atoms with van der Waals surface area (Å²) in [7, 11) is 0. The van der Waals surface area contributed by atoms with Crippen LogP contribution in [0.1, 0.15) is 10.4 Å². The molecule has 0 amide bonds. The molecule has 0 spiro atoms. The van der Waals surface area contributed by atoms with E-state index in [9.17, 15) is 0 Å². The number of para-hydroxylation sites is 1. The van der Waals surface area contributed by atoms with E-state index in [0.717, 1.165) is 12.0 Å². The van der Waals surface area contributed by atoms with Crippen molar-refractivity contribution >= 4 is 34.5 Å². The Balaban J connectivity index is 1.98. The van der Waals surface area contributed by atoms with Crippen molar-refractivity contribution in [2.45, 2.75) is 12.3 Å². The van der Waals surface area contributed by atoms with Gasteiger partial charge in [0.1, 0.15) is 5.75 Å². The van der Waals surface area contributed by atoms with E-state index < -0.39 is 0 Å². The molecule has 90 valence electrons. The van der Waals surface area contributed by atoms with Crippen LogP contribution < -0.4 is 4.74 Å². The van der Waals surface area contributed by atoms with Gasteiger partial charge in [0.25, 0.3) is 0 Å². The first-order valence-electron chi connectivity index (χ1n) is 5.30. The monoisotopic (exact) mass is 286 g/mol. The largest absolute Gasteiger partial charge is 0.491 e. The molecule has 0 aliphatic rings. The van der Waals surface area contributed by atoms with E-state index in [1.54, 1.807) is 11.3 Å². The van der Waals surface area contributed by atoms with Gasteiger partial charge in [0, 0.05) is 16.9 Å². The molecule has 1 heterocycles. The Morgan fingerprint density at radius 1 is 1.18 bits per heavy atom. The number of ether oxygens (including phenoxy) is 1. The van der Waals surface area contributed by atoms with Crippen molar-refractivity contribution in [3.8, 4) is 5.75 Å². The van der Waals surface area contributed by atoms with E-state index in [1.165, 1.54) is 4.88 Å². The van der Waals surface area contributed by atoms with Crippen LogP contribution in [0.2, 0.25) is 5.02 Å². The molecule has 0 saturated carbocycles. The van der Waals surface area contributed by atoms with Gasteiger partial charge in [-0.15, -0.1) is 22.9 Å². The maximum Gasteiger partial charge on any atom is 0.142 e. The van der Waals surface area contributed by atoms with Crippen molar-refractivity contribution < 1.29 is 4.74 Å². The van der Waals surface area contributed by atoms with E-state index in [1.807, 2.05) is 24.3 Å². The third kappa shape index (κ3) is 3.38. The predicted molar refractivity (Wildman–Crippen MR) is 74.5 cm³/mol. The summed E-state index contributed by atoms with van der Waals surface area (Å²) in [6.45, 7) is 0.619. The molecule has 2 aromatic rings. The molecule has 1 nitrogen and oxygen atoms in total. The molecule has 0 aliphatic heterocycles. The van der Waals surface area contributed by atoms with Gasteiger partial charge in [-0.1, -0.05) is 29.8 Å². The van der Waals surface area contributed by atoms with Crippen molar-refractivity contribution in [3.05, 3.63) is 51.2 Å². The molecule has 0 N–H and O–H groups in total. The topological polar surface area (TPSA) is 9.23 Å². The minimum Gasteiger partial charge on any atom is -0.491 e. The second-order valence-corrected chi connectivity index (χ2v) is 5.25. The number of thiophene rings is 1. The van der Waals surface area contributed by atoms with E-state index in [0.29, 0.717) is 23.3 Å². The number of hydrogen-bond donors (Lipinski definition) is 0. The maximum absolute atomic E-state index is 6.09. The summed E-state index contributed by atoms with van der Waals surface area (Å²) < 4.78 is 5.72. The Kier molecular flexibility index (Phi) is 4.72. The number of benzene rings is 1. The lowest BCUT2D eigenvalue weighted by molar-refractivity contribution is 0.320. The summed E-state index contributed by atoms with van der Waals surface area (Å²) in [4.78, 5) is 1.31. The van der Waals surface area contributed by atoms with Gasteiger partial charge >= 0.3 is 0 Å². The van der Waals surface area contributed by atoms with Crippen LogP contribution in [-0.4, -0.2) is 6.61 Å².